The molecule has 0 bridgehead atoms. The highest BCUT2D eigenvalue weighted by Crippen LogP contribution is 2.16. The lowest BCUT2D eigenvalue weighted by atomic mass is 10.0. The van der Waals surface area contributed by atoms with E-state index in [1.54, 1.807) is 0 Å². The standard InChI is InChI=1S/C14H16BrN3/c1-10(2)12-5-3-11(4-6-12)8-16-14-7-13(15)17-9-18-14/h3-7,9-10H,8H2,1-2H3,(H,16,17,18). The van der Waals surface area contributed by atoms with Crippen molar-refractivity contribution in [2.24, 2.45) is 0 Å². The molecule has 1 N–H and O–H groups in total. The van der Waals surface area contributed by atoms with Crippen molar-refractivity contribution in [2.75, 3.05) is 5.32 Å². The molecule has 0 unspecified atom stereocenters. The molecule has 1 aromatic carbocycles. The lowest BCUT2D eigenvalue weighted by Gasteiger charge is -2.08. The molecule has 0 aliphatic carbocycles. The Hall–Kier alpha value is -1.42. The first-order valence-electron chi connectivity index (χ1n) is 5.95. The summed E-state index contributed by atoms with van der Waals surface area (Å²) >= 11 is 3.32. The number of nitrogens with zero attached hydrogens (tertiary/aromatic N) is 2. The summed E-state index contributed by atoms with van der Waals surface area (Å²) in [5.74, 6) is 1.40. The largest absolute Gasteiger partial charge is 0.366 e. The molecule has 18 heavy (non-hydrogen) atoms. The van der Waals surface area contributed by atoms with E-state index in [9.17, 15) is 0 Å². The average molecular weight is 306 g/mol. The van der Waals surface area contributed by atoms with Gasteiger partial charge in [-0.05, 0) is 33.0 Å². The van der Waals surface area contributed by atoms with E-state index in [-0.39, 0.29) is 0 Å². The SMILES string of the molecule is CC(C)c1ccc(CNc2cc(Br)ncn2)cc1. The molecule has 4 heteroatoms. The summed E-state index contributed by atoms with van der Waals surface area (Å²) in [4.78, 5) is 8.14. The van der Waals surface area contributed by atoms with Crippen molar-refractivity contribution in [3.8, 4) is 0 Å². The molecular weight excluding hydrogens is 290 g/mol. The number of anilines is 1. The van der Waals surface area contributed by atoms with Crippen LogP contribution in [0.5, 0.6) is 0 Å². The Morgan fingerprint density at radius 1 is 1.17 bits per heavy atom. The Morgan fingerprint density at radius 3 is 2.50 bits per heavy atom. The summed E-state index contributed by atoms with van der Waals surface area (Å²) in [6, 6.07) is 10.5. The number of benzene rings is 1. The van der Waals surface area contributed by atoms with Crippen molar-refractivity contribution in [1.82, 2.24) is 9.97 Å². The number of hydrogen-bond donors (Lipinski definition) is 1. The Labute approximate surface area is 116 Å². The third-order valence-corrected chi connectivity index (χ3v) is 3.19. The van der Waals surface area contributed by atoms with Crippen molar-refractivity contribution < 1.29 is 0 Å². The van der Waals surface area contributed by atoms with Crippen LogP contribution in [0.1, 0.15) is 30.9 Å². The van der Waals surface area contributed by atoms with Crippen LogP contribution in [-0.2, 0) is 6.54 Å². The third-order valence-electron chi connectivity index (χ3n) is 2.75. The highest BCUT2D eigenvalue weighted by atomic mass is 79.9. The molecule has 1 heterocycles. The smallest absolute Gasteiger partial charge is 0.130 e. The molecule has 2 rings (SSSR count). The van der Waals surface area contributed by atoms with E-state index in [4.69, 9.17) is 0 Å². The van der Waals surface area contributed by atoms with Crippen molar-refractivity contribution in [3.05, 3.63) is 52.4 Å². The van der Waals surface area contributed by atoms with Gasteiger partial charge in [0.15, 0.2) is 0 Å². The summed E-state index contributed by atoms with van der Waals surface area (Å²) in [7, 11) is 0. The van der Waals surface area contributed by atoms with Crippen LogP contribution in [0.25, 0.3) is 0 Å². The van der Waals surface area contributed by atoms with Crippen LogP contribution in [0.4, 0.5) is 5.82 Å². The van der Waals surface area contributed by atoms with Crippen molar-refractivity contribution in [2.45, 2.75) is 26.3 Å². The van der Waals surface area contributed by atoms with Gasteiger partial charge >= 0.3 is 0 Å². The molecule has 0 aliphatic rings. The minimum Gasteiger partial charge on any atom is -0.366 e. The second-order valence-electron chi connectivity index (χ2n) is 4.48. The molecule has 1 aromatic heterocycles. The molecule has 0 saturated carbocycles. The Balaban J connectivity index is 1.98. The third kappa shape index (κ3) is 3.53. The van der Waals surface area contributed by atoms with Gasteiger partial charge in [-0.3, -0.25) is 0 Å². The van der Waals surface area contributed by atoms with Gasteiger partial charge in [-0.2, -0.15) is 0 Å². The van der Waals surface area contributed by atoms with E-state index < -0.39 is 0 Å². The summed E-state index contributed by atoms with van der Waals surface area (Å²) in [5.41, 5.74) is 2.61. The summed E-state index contributed by atoms with van der Waals surface area (Å²) in [5, 5.41) is 3.27. The first kappa shape index (κ1) is 13.0. The van der Waals surface area contributed by atoms with Gasteiger partial charge in [-0.25, -0.2) is 9.97 Å². The van der Waals surface area contributed by atoms with Crippen LogP contribution >= 0.6 is 15.9 Å². The number of halogens is 1. The van der Waals surface area contributed by atoms with Gasteiger partial charge in [-0.1, -0.05) is 38.1 Å². The second-order valence-corrected chi connectivity index (χ2v) is 5.29. The van der Waals surface area contributed by atoms with Crippen LogP contribution in [0, 0.1) is 0 Å². The molecule has 0 spiro atoms. The quantitative estimate of drug-likeness (QED) is 0.868. The topological polar surface area (TPSA) is 37.8 Å². The Kier molecular flexibility index (Phi) is 4.31. The number of hydrogen-bond acceptors (Lipinski definition) is 3. The fourth-order valence-corrected chi connectivity index (χ4v) is 1.95. The molecule has 3 nitrogen and oxygen atoms in total. The van der Waals surface area contributed by atoms with Gasteiger partial charge in [0.05, 0.1) is 0 Å². The van der Waals surface area contributed by atoms with Crippen molar-refractivity contribution >= 4 is 21.7 Å². The van der Waals surface area contributed by atoms with Gasteiger partial charge in [0, 0.05) is 12.6 Å². The number of nitrogens with one attached hydrogen (secondary N) is 1. The highest BCUT2D eigenvalue weighted by molar-refractivity contribution is 9.10. The minimum atomic E-state index is 0.574. The van der Waals surface area contributed by atoms with Crippen LogP contribution in [-0.4, -0.2) is 9.97 Å². The Morgan fingerprint density at radius 2 is 1.89 bits per heavy atom. The van der Waals surface area contributed by atoms with Crippen LogP contribution < -0.4 is 5.32 Å². The molecule has 2 aromatic rings. The Bertz CT molecular complexity index is 509. The molecule has 0 fully saturated rings. The molecule has 0 atom stereocenters. The average Bonchev–Trinajstić information content (AvgIpc) is 2.37. The van der Waals surface area contributed by atoms with E-state index in [0.717, 1.165) is 17.0 Å². The lowest BCUT2D eigenvalue weighted by molar-refractivity contribution is 0.865. The summed E-state index contributed by atoms with van der Waals surface area (Å²) in [6.07, 6.45) is 1.54. The van der Waals surface area contributed by atoms with Crippen molar-refractivity contribution in [3.63, 3.8) is 0 Å². The molecular formula is C14H16BrN3. The van der Waals surface area contributed by atoms with Gasteiger partial charge in [0.2, 0.25) is 0 Å². The van der Waals surface area contributed by atoms with E-state index in [2.05, 4.69) is 69.3 Å². The molecule has 0 amide bonds. The van der Waals surface area contributed by atoms with Gasteiger partial charge in [0.1, 0.15) is 16.7 Å². The van der Waals surface area contributed by atoms with Gasteiger partial charge < -0.3 is 5.32 Å². The predicted molar refractivity (Wildman–Crippen MR) is 77.6 cm³/mol. The maximum Gasteiger partial charge on any atom is 0.130 e. The zero-order valence-corrected chi connectivity index (χ0v) is 12.1. The first-order valence-corrected chi connectivity index (χ1v) is 6.74. The van der Waals surface area contributed by atoms with E-state index in [1.807, 2.05) is 6.07 Å². The summed E-state index contributed by atoms with van der Waals surface area (Å²) in [6.45, 7) is 5.17. The van der Waals surface area contributed by atoms with Crippen LogP contribution in [0.3, 0.4) is 0 Å². The second kappa shape index (κ2) is 5.96. The van der Waals surface area contributed by atoms with E-state index in [0.29, 0.717) is 5.92 Å². The van der Waals surface area contributed by atoms with E-state index >= 15 is 0 Å². The molecule has 94 valence electrons. The maximum atomic E-state index is 4.15. The summed E-state index contributed by atoms with van der Waals surface area (Å²) < 4.78 is 0.787. The number of aromatic nitrogens is 2. The molecule has 0 radical (unpaired) electrons. The van der Waals surface area contributed by atoms with E-state index in [1.165, 1.54) is 17.5 Å². The lowest BCUT2D eigenvalue weighted by Crippen LogP contribution is -2.01. The van der Waals surface area contributed by atoms with Gasteiger partial charge in [0.25, 0.3) is 0 Å². The molecule has 0 aliphatic heterocycles. The molecule has 0 saturated heterocycles. The normalized spacial score (nSPS) is 10.7. The van der Waals surface area contributed by atoms with Crippen molar-refractivity contribution in [1.29, 1.82) is 0 Å². The first-order chi connectivity index (χ1) is 8.65. The number of rotatable bonds is 4. The van der Waals surface area contributed by atoms with Gasteiger partial charge in [-0.15, -0.1) is 0 Å². The monoisotopic (exact) mass is 305 g/mol. The maximum absolute atomic E-state index is 4.15. The fourth-order valence-electron chi connectivity index (χ4n) is 1.64. The minimum absolute atomic E-state index is 0.574. The highest BCUT2D eigenvalue weighted by Gasteiger charge is 2.00. The zero-order valence-electron chi connectivity index (χ0n) is 10.5. The van der Waals surface area contributed by atoms with Crippen LogP contribution in [0.15, 0.2) is 41.3 Å². The zero-order chi connectivity index (χ0) is 13.0. The predicted octanol–water partition coefficient (Wildman–Crippen LogP) is 3.97. The fraction of sp³-hybridized carbons (Fsp3) is 0.286. The van der Waals surface area contributed by atoms with Crippen LogP contribution in [0.2, 0.25) is 0 Å².